The molecule has 1 unspecified atom stereocenters. The van der Waals surface area contributed by atoms with Crippen LogP contribution in [-0.2, 0) is 12.7 Å². The van der Waals surface area contributed by atoms with Crippen molar-refractivity contribution < 1.29 is 18.3 Å². The van der Waals surface area contributed by atoms with Gasteiger partial charge in [-0.25, -0.2) is 4.68 Å². The van der Waals surface area contributed by atoms with Crippen molar-refractivity contribution in [3.8, 4) is 0 Å². The summed E-state index contributed by atoms with van der Waals surface area (Å²) in [6.07, 6.45) is -3.74. The highest BCUT2D eigenvalue weighted by molar-refractivity contribution is 5.52. The zero-order valence-electron chi connectivity index (χ0n) is 11.3. The van der Waals surface area contributed by atoms with E-state index in [-0.39, 0.29) is 11.3 Å². The van der Waals surface area contributed by atoms with Crippen LogP contribution in [0, 0.1) is 0 Å². The molecule has 0 fully saturated rings. The lowest BCUT2D eigenvalue weighted by atomic mass is 10.0. The van der Waals surface area contributed by atoms with Gasteiger partial charge in [0.05, 0.1) is 17.5 Å². The Morgan fingerprint density at radius 1 is 1.38 bits per heavy atom. The van der Waals surface area contributed by atoms with Crippen molar-refractivity contribution in [3.05, 3.63) is 41.2 Å². The third-order valence-corrected chi connectivity index (χ3v) is 3.07. The van der Waals surface area contributed by atoms with E-state index in [9.17, 15) is 18.3 Å². The number of hydrogen-bond acceptors (Lipinski definition) is 4. The number of aliphatic hydroxyl groups is 1. The summed E-state index contributed by atoms with van der Waals surface area (Å²) in [5.74, 6) is 0. The van der Waals surface area contributed by atoms with Gasteiger partial charge in [0.15, 0.2) is 0 Å². The third kappa shape index (κ3) is 3.15. The molecule has 0 aliphatic heterocycles. The molecular weight excluding hydrogens is 285 g/mol. The molecule has 1 aromatic carbocycles. The topological polar surface area (TPSA) is 77.0 Å². The molecule has 8 heteroatoms. The second-order valence-corrected chi connectivity index (χ2v) is 4.63. The number of anilines is 1. The number of nitrogens with two attached hydrogens (primary N) is 1. The fourth-order valence-corrected chi connectivity index (χ4v) is 2.01. The van der Waals surface area contributed by atoms with Crippen LogP contribution in [0.2, 0.25) is 0 Å². The number of nitrogens with zero attached hydrogens (tertiary/aromatic N) is 3. The summed E-state index contributed by atoms with van der Waals surface area (Å²) in [6.45, 7) is 2.42. The van der Waals surface area contributed by atoms with E-state index in [2.05, 4.69) is 10.3 Å². The van der Waals surface area contributed by atoms with E-state index >= 15 is 0 Å². The van der Waals surface area contributed by atoms with Gasteiger partial charge in [-0.2, -0.15) is 13.2 Å². The highest BCUT2D eigenvalue weighted by Crippen LogP contribution is 2.34. The molecule has 0 amide bonds. The van der Waals surface area contributed by atoms with E-state index in [0.29, 0.717) is 12.2 Å². The van der Waals surface area contributed by atoms with Gasteiger partial charge in [0, 0.05) is 17.8 Å². The van der Waals surface area contributed by atoms with Gasteiger partial charge in [-0.05, 0) is 24.6 Å². The van der Waals surface area contributed by atoms with Gasteiger partial charge >= 0.3 is 6.18 Å². The van der Waals surface area contributed by atoms with Gasteiger partial charge in [-0.3, -0.25) is 0 Å². The fourth-order valence-electron chi connectivity index (χ4n) is 2.01. The normalized spacial score (nSPS) is 13.4. The molecule has 1 aromatic heterocycles. The van der Waals surface area contributed by atoms with E-state index in [1.807, 2.05) is 6.92 Å². The first kappa shape index (κ1) is 15.3. The molecule has 21 heavy (non-hydrogen) atoms. The average Bonchev–Trinajstić information content (AvgIpc) is 2.86. The van der Waals surface area contributed by atoms with Crippen molar-refractivity contribution in [2.24, 2.45) is 0 Å². The molecule has 1 atom stereocenters. The fraction of sp³-hybridized carbons (Fsp3) is 0.385. The van der Waals surface area contributed by atoms with Gasteiger partial charge in [0.1, 0.15) is 6.10 Å². The van der Waals surface area contributed by atoms with Crippen LogP contribution in [0.25, 0.3) is 0 Å². The largest absolute Gasteiger partial charge is 0.416 e. The van der Waals surface area contributed by atoms with Crippen LogP contribution in [0.15, 0.2) is 24.4 Å². The molecule has 114 valence electrons. The van der Waals surface area contributed by atoms with Crippen molar-refractivity contribution in [2.45, 2.75) is 32.2 Å². The lowest BCUT2D eigenvalue weighted by Gasteiger charge is -2.16. The van der Waals surface area contributed by atoms with Gasteiger partial charge in [-0.15, -0.1) is 5.10 Å². The molecule has 3 N–H and O–H groups in total. The number of rotatable bonds is 4. The van der Waals surface area contributed by atoms with Crippen LogP contribution >= 0.6 is 0 Å². The van der Waals surface area contributed by atoms with Gasteiger partial charge in [0.25, 0.3) is 0 Å². The highest BCUT2D eigenvalue weighted by Gasteiger charge is 2.32. The molecule has 2 aromatic rings. The second-order valence-electron chi connectivity index (χ2n) is 4.63. The van der Waals surface area contributed by atoms with Crippen LogP contribution < -0.4 is 5.73 Å². The van der Waals surface area contributed by atoms with Crippen LogP contribution in [-0.4, -0.2) is 20.1 Å². The molecule has 0 aliphatic rings. The summed E-state index contributed by atoms with van der Waals surface area (Å²) in [5.41, 5.74) is 5.21. The van der Waals surface area contributed by atoms with E-state index in [1.54, 1.807) is 0 Å². The lowest BCUT2D eigenvalue weighted by Crippen LogP contribution is -2.13. The molecule has 0 saturated carbocycles. The number of halogens is 3. The zero-order valence-corrected chi connectivity index (χ0v) is 11.3. The van der Waals surface area contributed by atoms with Crippen molar-refractivity contribution in [1.82, 2.24) is 15.0 Å². The number of benzene rings is 1. The molecule has 0 aliphatic carbocycles. The Kier molecular flexibility index (Phi) is 4.17. The summed E-state index contributed by atoms with van der Waals surface area (Å²) >= 11 is 0. The summed E-state index contributed by atoms with van der Waals surface area (Å²) in [4.78, 5) is 0. The molecule has 0 bridgehead atoms. The van der Waals surface area contributed by atoms with E-state index < -0.39 is 17.8 Å². The Bertz CT molecular complexity index is 624. The van der Waals surface area contributed by atoms with Crippen molar-refractivity contribution >= 4 is 5.69 Å². The lowest BCUT2D eigenvalue weighted by molar-refractivity contribution is -0.137. The Morgan fingerprint density at radius 2 is 2.10 bits per heavy atom. The maximum atomic E-state index is 12.8. The predicted octanol–water partition coefficient (Wildman–Crippen LogP) is 2.37. The molecule has 0 spiro atoms. The summed E-state index contributed by atoms with van der Waals surface area (Å²) < 4.78 is 39.7. The van der Waals surface area contributed by atoms with E-state index in [4.69, 9.17) is 5.73 Å². The Labute approximate surface area is 119 Å². The highest BCUT2D eigenvalue weighted by atomic mass is 19.4. The standard InChI is InChI=1S/C13H15F3N4O/c1-2-5-20-11(7-18-19-20)12(21)9-6-8(13(14,15)16)3-4-10(9)17/h3-4,6-7,12,21H,2,5,17H2,1H3. The summed E-state index contributed by atoms with van der Waals surface area (Å²) in [6, 6.07) is 2.87. The Balaban J connectivity index is 2.43. The van der Waals surface area contributed by atoms with Crippen molar-refractivity contribution in [2.75, 3.05) is 5.73 Å². The van der Waals surface area contributed by atoms with Crippen LogP contribution in [0.4, 0.5) is 18.9 Å². The smallest absolute Gasteiger partial charge is 0.398 e. The third-order valence-electron chi connectivity index (χ3n) is 3.07. The maximum Gasteiger partial charge on any atom is 0.416 e. The average molecular weight is 300 g/mol. The maximum absolute atomic E-state index is 12.8. The van der Waals surface area contributed by atoms with Gasteiger partial charge < -0.3 is 10.8 Å². The molecule has 2 rings (SSSR count). The van der Waals surface area contributed by atoms with Gasteiger partial charge in [-0.1, -0.05) is 12.1 Å². The molecule has 0 saturated heterocycles. The minimum absolute atomic E-state index is 0.00974. The predicted molar refractivity (Wildman–Crippen MR) is 70.2 cm³/mol. The van der Waals surface area contributed by atoms with E-state index in [1.165, 1.54) is 10.9 Å². The van der Waals surface area contributed by atoms with Crippen LogP contribution in [0.1, 0.15) is 36.3 Å². The molecule has 0 radical (unpaired) electrons. The number of nitrogen functional groups attached to an aromatic ring is 1. The quantitative estimate of drug-likeness (QED) is 0.850. The molecule has 5 nitrogen and oxygen atoms in total. The molecule has 1 heterocycles. The number of alkyl halides is 3. The first-order valence-electron chi connectivity index (χ1n) is 6.37. The number of aryl methyl sites for hydroxylation is 1. The van der Waals surface area contributed by atoms with E-state index in [0.717, 1.165) is 24.6 Å². The summed E-state index contributed by atoms with van der Waals surface area (Å²) in [5, 5.41) is 17.8. The minimum Gasteiger partial charge on any atom is -0.398 e. The van der Waals surface area contributed by atoms with Crippen LogP contribution in [0.5, 0.6) is 0 Å². The second kappa shape index (κ2) is 5.72. The zero-order chi connectivity index (χ0) is 15.6. The number of aromatic nitrogens is 3. The summed E-state index contributed by atoms with van der Waals surface area (Å²) in [7, 11) is 0. The van der Waals surface area contributed by atoms with Crippen molar-refractivity contribution in [3.63, 3.8) is 0 Å². The SMILES string of the molecule is CCCn1nncc1C(O)c1cc(C(F)(F)F)ccc1N. The Hall–Kier alpha value is -2.09. The minimum atomic E-state index is -4.50. The first-order chi connectivity index (χ1) is 9.84. The Morgan fingerprint density at radius 3 is 2.71 bits per heavy atom. The number of aliphatic hydroxyl groups excluding tert-OH is 1. The molecular formula is C13H15F3N4O. The van der Waals surface area contributed by atoms with Gasteiger partial charge in [0.2, 0.25) is 0 Å². The monoisotopic (exact) mass is 300 g/mol. The van der Waals surface area contributed by atoms with Crippen LogP contribution in [0.3, 0.4) is 0 Å². The number of hydrogen-bond donors (Lipinski definition) is 2. The van der Waals surface area contributed by atoms with Crippen molar-refractivity contribution in [1.29, 1.82) is 0 Å². The first-order valence-corrected chi connectivity index (χ1v) is 6.37.